The fraction of sp³-hybridized carbons (Fsp3) is 0.192. The molecule has 0 aliphatic heterocycles. The smallest absolute Gasteiger partial charge is 0.267 e. The number of para-hydroxylation sites is 1. The number of hydrogen-bond donors (Lipinski definition) is 1. The van der Waals surface area contributed by atoms with E-state index in [2.05, 4.69) is 5.32 Å². The summed E-state index contributed by atoms with van der Waals surface area (Å²) >= 11 is 0. The summed E-state index contributed by atoms with van der Waals surface area (Å²) in [5.41, 5.74) is 2.20. The maximum atomic E-state index is 13.5. The van der Waals surface area contributed by atoms with Gasteiger partial charge in [-0.2, -0.15) is 0 Å². The molecule has 7 heteroatoms. The fourth-order valence-corrected chi connectivity index (χ4v) is 3.73. The van der Waals surface area contributed by atoms with E-state index >= 15 is 0 Å². The third kappa shape index (κ3) is 4.62. The topological polar surface area (TPSA) is 67.2 Å². The number of nitrogens with zero attached hydrogens (tertiary/aromatic N) is 3. The van der Waals surface area contributed by atoms with Crippen molar-refractivity contribution < 1.29 is 9.18 Å². The predicted molar refractivity (Wildman–Crippen MR) is 128 cm³/mol. The standard InChI is InChI=1S/C26H25FN4O2/c1-3-30(4-2)26-29-23-16-19(24(32)28-17-18-10-13-20(27)14-11-18)12-15-22(23)25(33)31(26)21-8-6-5-7-9-21/h5-16H,3-4,17H2,1-2H3,(H,28,32). The van der Waals surface area contributed by atoms with E-state index in [1.165, 1.54) is 12.1 Å². The highest BCUT2D eigenvalue weighted by atomic mass is 19.1. The minimum atomic E-state index is -0.323. The maximum absolute atomic E-state index is 13.5. The molecule has 0 saturated carbocycles. The molecule has 6 nitrogen and oxygen atoms in total. The Hall–Kier alpha value is -4.00. The van der Waals surface area contributed by atoms with Crippen molar-refractivity contribution in [2.45, 2.75) is 20.4 Å². The van der Waals surface area contributed by atoms with Gasteiger partial charge in [-0.25, -0.2) is 13.9 Å². The van der Waals surface area contributed by atoms with Crippen molar-refractivity contribution in [1.82, 2.24) is 14.9 Å². The first-order chi connectivity index (χ1) is 16.0. The normalized spacial score (nSPS) is 10.9. The highest BCUT2D eigenvalue weighted by Gasteiger charge is 2.18. The molecular formula is C26H25FN4O2. The summed E-state index contributed by atoms with van der Waals surface area (Å²) in [4.78, 5) is 33.0. The van der Waals surface area contributed by atoms with E-state index in [1.807, 2.05) is 49.1 Å². The van der Waals surface area contributed by atoms with E-state index in [1.54, 1.807) is 34.9 Å². The van der Waals surface area contributed by atoms with Crippen LogP contribution in [0.5, 0.6) is 0 Å². The number of halogens is 1. The van der Waals surface area contributed by atoms with Gasteiger partial charge in [-0.3, -0.25) is 9.59 Å². The van der Waals surface area contributed by atoms with Gasteiger partial charge in [0.25, 0.3) is 11.5 Å². The van der Waals surface area contributed by atoms with E-state index < -0.39 is 0 Å². The Labute approximate surface area is 191 Å². The lowest BCUT2D eigenvalue weighted by Crippen LogP contribution is -2.32. The Bertz CT molecular complexity index is 1330. The average Bonchev–Trinajstić information content (AvgIpc) is 2.84. The van der Waals surface area contributed by atoms with Gasteiger partial charge in [-0.15, -0.1) is 0 Å². The number of hydrogen-bond acceptors (Lipinski definition) is 4. The zero-order valence-corrected chi connectivity index (χ0v) is 18.6. The van der Waals surface area contributed by atoms with Crippen LogP contribution in [0.2, 0.25) is 0 Å². The molecule has 1 heterocycles. The van der Waals surface area contributed by atoms with Crippen molar-refractivity contribution in [2.75, 3.05) is 18.0 Å². The number of nitrogens with one attached hydrogen (secondary N) is 1. The van der Waals surface area contributed by atoms with E-state index in [0.717, 1.165) is 11.3 Å². The second-order valence-electron chi connectivity index (χ2n) is 7.60. The van der Waals surface area contributed by atoms with Crippen LogP contribution in [0.4, 0.5) is 10.3 Å². The molecule has 3 aromatic carbocycles. The molecule has 1 N–H and O–H groups in total. The van der Waals surface area contributed by atoms with Crippen molar-refractivity contribution in [1.29, 1.82) is 0 Å². The van der Waals surface area contributed by atoms with E-state index in [4.69, 9.17) is 4.98 Å². The number of rotatable bonds is 7. The molecule has 0 saturated heterocycles. The first-order valence-corrected chi connectivity index (χ1v) is 10.9. The van der Waals surface area contributed by atoms with Gasteiger partial charge in [0.2, 0.25) is 5.95 Å². The van der Waals surface area contributed by atoms with Crippen LogP contribution >= 0.6 is 0 Å². The highest BCUT2D eigenvalue weighted by Crippen LogP contribution is 2.20. The average molecular weight is 445 g/mol. The summed E-state index contributed by atoms with van der Waals surface area (Å²) < 4.78 is 14.7. The summed E-state index contributed by atoms with van der Waals surface area (Å²) in [6.45, 7) is 5.64. The predicted octanol–water partition coefficient (Wildman–Crippen LogP) is 4.30. The molecule has 33 heavy (non-hydrogen) atoms. The molecule has 168 valence electrons. The maximum Gasteiger partial charge on any atom is 0.267 e. The van der Waals surface area contributed by atoms with Gasteiger partial charge in [0, 0.05) is 25.2 Å². The molecule has 0 atom stereocenters. The lowest BCUT2D eigenvalue weighted by atomic mass is 10.1. The Morgan fingerprint density at radius 3 is 2.36 bits per heavy atom. The van der Waals surface area contributed by atoms with Gasteiger partial charge in [-0.05, 0) is 61.9 Å². The molecule has 0 spiro atoms. The van der Waals surface area contributed by atoms with Crippen LogP contribution in [-0.2, 0) is 6.54 Å². The SMILES string of the molecule is CCN(CC)c1nc2cc(C(=O)NCc3ccc(F)cc3)ccc2c(=O)n1-c1ccccc1. The highest BCUT2D eigenvalue weighted by molar-refractivity contribution is 5.97. The van der Waals surface area contributed by atoms with Crippen LogP contribution in [0.25, 0.3) is 16.6 Å². The summed E-state index contributed by atoms with van der Waals surface area (Å²) in [5.74, 6) is -0.0805. The largest absolute Gasteiger partial charge is 0.348 e. The number of anilines is 1. The van der Waals surface area contributed by atoms with Gasteiger partial charge < -0.3 is 10.2 Å². The number of carbonyl (C=O) groups excluding carboxylic acids is 1. The molecule has 1 aromatic heterocycles. The molecule has 0 fully saturated rings. The molecule has 1 amide bonds. The van der Waals surface area contributed by atoms with E-state index in [-0.39, 0.29) is 23.8 Å². The quantitative estimate of drug-likeness (QED) is 0.462. The molecule has 0 radical (unpaired) electrons. The Morgan fingerprint density at radius 1 is 1.00 bits per heavy atom. The van der Waals surface area contributed by atoms with Crippen molar-refractivity contribution in [2.24, 2.45) is 0 Å². The molecule has 4 aromatic rings. The van der Waals surface area contributed by atoms with E-state index in [0.29, 0.717) is 35.5 Å². The van der Waals surface area contributed by atoms with Crippen molar-refractivity contribution in [3.63, 3.8) is 0 Å². The van der Waals surface area contributed by atoms with Gasteiger partial charge in [0.1, 0.15) is 5.82 Å². The Balaban J connectivity index is 1.73. The minimum Gasteiger partial charge on any atom is -0.348 e. The third-order valence-corrected chi connectivity index (χ3v) is 5.54. The van der Waals surface area contributed by atoms with E-state index in [9.17, 15) is 14.0 Å². The van der Waals surface area contributed by atoms with Crippen LogP contribution in [0.3, 0.4) is 0 Å². The third-order valence-electron chi connectivity index (χ3n) is 5.54. The van der Waals surface area contributed by atoms with Crippen molar-refractivity contribution in [3.05, 3.63) is 100 Å². The second kappa shape index (κ2) is 9.65. The molecule has 0 aliphatic rings. The fourth-order valence-electron chi connectivity index (χ4n) is 3.73. The van der Waals surface area contributed by atoms with Gasteiger partial charge in [-0.1, -0.05) is 30.3 Å². The number of amides is 1. The Morgan fingerprint density at radius 2 is 1.70 bits per heavy atom. The monoisotopic (exact) mass is 444 g/mol. The summed E-state index contributed by atoms with van der Waals surface area (Å²) in [5, 5.41) is 3.26. The molecule has 0 bridgehead atoms. The molecular weight excluding hydrogens is 419 g/mol. The van der Waals surface area contributed by atoms with Crippen molar-refractivity contribution in [3.8, 4) is 5.69 Å². The molecule has 0 unspecified atom stereocenters. The lowest BCUT2D eigenvalue weighted by Gasteiger charge is -2.24. The van der Waals surface area contributed by atoms with Crippen LogP contribution < -0.4 is 15.8 Å². The zero-order chi connectivity index (χ0) is 23.4. The zero-order valence-electron chi connectivity index (χ0n) is 18.6. The van der Waals surface area contributed by atoms with Crippen LogP contribution in [-0.4, -0.2) is 28.5 Å². The summed E-state index contributed by atoms with van der Waals surface area (Å²) in [6.07, 6.45) is 0. The minimum absolute atomic E-state index is 0.189. The van der Waals surface area contributed by atoms with Crippen molar-refractivity contribution >= 4 is 22.8 Å². The van der Waals surface area contributed by atoms with Crippen LogP contribution in [0.1, 0.15) is 29.8 Å². The summed E-state index contributed by atoms with van der Waals surface area (Å²) in [6, 6.07) is 20.3. The first kappa shape index (κ1) is 22.2. The van der Waals surface area contributed by atoms with Gasteiger partial charge in [0.15, 0.2) is 0 Å². The Kier molecular flexibility index (Phi) is 6.49. The van der Waals surface area contributed by atoms with Crippen LogP contribution in [0.15, 0.2) is 77.6 Å². The van der Waals surface area contributed by atoms with Gasteiger partial charge in [0.05, 0.1) is 16.6 Å². The molecule has 4 rings (SSSR count). The number of benzene rings is 3. The van der Waals surface area contributed by atoms with Gasteiger partial charge >= 0.3 is 0 Å². The first-order valence-electron chi connectivity index (χ1n) is 10.9. The summed E-state index contributed by atoms with van der Waals surface area (Å²) in [7, 11) is 0. The lowest BCUT2D eigenvalue weighted by molar-refractivity contribution is 0.0951. The molecule has 0 aliphatic carbocycles. The number of fused-ring (bicyclic) bond motifs is 1. The van der Waals surface area contributed by atoms with Crippen LogP contribution in [0, 0.1) is 5.82 Å². The second-order valence-corrected chi connectivity index (χ2v) is 7.60. The number of aromatic nitrogens is 2. The number of carbonyl (C=O) groups is 1.